The fourth-order valence-corrected chi connectivity index (χ4v) is 1.31. The van der Waals surface area contributed by atoms with E-state index in [-0.39, 0.29) is 17.3 Å². The Balaban J connectivity index is 2.23. The first kappa shape index (κ1) is 11.1. The summed E-state index contributed by atoms with van der Waals surface area (Å²) >= 11 is 0. The van der Waals surface area contributed by atoms with Crippen molar-refractivity contribution in [3.8, 4) is 11.5 Å². The van der Waals surface area contributed by atoms with Crippen LogP contribution in [-0.2, 0) is 0 Å². The Morgan fingerprint density at radius 1 is 1.00 bits per heavy atom. The highest BCUT2D eigenvalue weighted by atomic mass is 19.1. The molecule has 0 saturated carbocycles. The van der Waals surface area contributed by atoms with Crippen molar-refractivity contribution in [1.29, 1.82) is 0 Å². The molecule has 2 rings (SSSR count). The van der Waals surface area contributed by atoms with Crippen molar-refractivity contribution in [1.82, 2.24) is 0 Å². The van der Waals surface area contributed by atoms with Gasteiger partial charge in [-0.3, -0.25) is 4.99 Å². The van der Waals surface area contributed by atoms with E-state index >= 15 is 0 Å². The standard InChI is InChI=1S/C13H10FNO2/c14-10-2-4-11(5-3-10)15-8-9-1-6-12(16)7-13(9)17/h1-8,16-17H. The second-order valence-corrected chi connectivity index (χ2v) is 3.48. The highest BCUT2D eigenvalue weighted by Crippen LogP contribution is 2.21. The third-order valence-electron chi connectivity index (χ3n) is 2.19. The van der Waals surface area contributed by atoms with Gasteiger partial charge in [0.05, 0.1) is 5.69 Å². The first-order valence-electron chi connectivity index (χ1n) is 4.97. The molecule has 0 amide bonds. The summed E-state index contributed by atoms with van der Waals surface area (Å²) in [6, 6.07) is 9.90. The molecule has 17 heavy (non-hydrogen) atoms. The van der Waals surface area contributed by atoms with Gasteiger partial charge in [0.25, 0.3) is 0 Å². The Bertz CT molecular complexity index is 550. The smallest absolute Gasteiger partial charge is 0.128 e. The molecular formula is C13H10FNO2. The quantitative estimate of drug-likeness (QED) is 0.780. The molecule has 3 nitrogen and oxygen atoms in total. The van der Waals surface area contributed by atoms with Crippen LogP contribution in [0, 0.1) is 5.82 Å². The lowest BCUT2D eigenvalue weighted by Gasteiger charge is -1.99. The normalized spacial score (nSPS) is 10.9. The van der Waals surface area contributed by atoms with Gasteiger partial charge in [0.1, 0.15) is 17.3 Å². The van der Waals surface area contributed by atoms with Gasteiger partial charge in [-0.1, -0.05) is 0 Å². The van der Waals surface area contributed by atoms with Gasteiger partial charge in [-0.15, -0.1) is 0 Å². The Kier molecular flexibility index (Phi) is 3.05. The monoisotopic (exact) mass is 231 g/mol. The number of hydrogen-bond donors (Lipinski definition) is 2. The Morgan fingerprint density at radius 2 is 1.71 bits per heavy atom. The zero-order valence-electron chi connectivity index (χ0n) is 8.84. The minimum atomic E-state index is -0.323. The number of rotatable bonds is 2. The molecule has 0 bridgehead atoms. The Morgan fingerprint density at radius 3 is 2.35 bits per heavy atom. The average Bonchev–Trinajstić information content (AvgIpc) is 2.30. The Labute approximate surface area is 97.5 Å². The van der Waals surface area contributed by atoms with Crippen LogP contribution in [0.5, 0.6) is 11.5 Å². The maximum absolute atomic E-state index is 12.6. The SMILES string of the molecule is Oc1ccc(C=Nc2ccc(F)cc2)c(O)c1. The van der Waals surface area contributed by atoms with Gasteiger partial charge in [0.15, 0.2) is 0 Å². The van der Waals surface area contributed by atoms with Gasteiger partial charge in [-0.05, 0) is 36.4 Å². The lowest BCUT2D eigenvalue weighted by Crippen LogP contribution is -1.81. The number of phenols is 2. The zero-order chi connectivity index (χ0) is 12.3. The molecule has 0 atom stereocenters. The molecule has 2 N–H and O–H groups in total. The number of aromatic hydroxyl groups is 2. The van der Waals surface area contributed by atoms with Gasteiger partial charge in [-0.2, -0.15) is 0 Å². The summed E-state index contributed by atoms with van der Waals surface area (Å²) in [5.74, 6) is -0.395. The van der Waals surface area contributed by atoms with E-state index in [0.29, 0.717) is 11.3 Å². The van der Waals surface area contributed by atoms with Gasteiger partial charge < -0.3 is 10.2 Å². The van der Waals surface area contributed by atoms with Crippen molar-refractivity contribution in [2.24, 2.45) is 4.99 Å². The summed E-state index contributed by atoms with van der Waals surface area (Å²) in [7, 11) is 0. The summed E-state index contributed by atoms with van der Waals surface area (Å²) in [6.45, 7) is 0. The number of nitrogens with zero attached hydrogens (tertiary/aromatic N) is 1. The van der Waals surface area contributed by atoms with Crippen LogP contribution in [0.1, 0.15) is 5.56 Å². The van der Waals surface area contributed by atoms with Crippen molar-refractivity contribution in [3.63, 3.8) is 0 Å². The molecule has 0 heterocycles. The van der Waals surface area contributed by atoms with Crippen LogP contribution in [-0.4, -0.2) is 16.4 Å². The molecule has 0 fully saturated rings. The molecule has 0 aromatic heterocycles. The molecule has 2 aromatic carbocycles. The van der Waals surface area contributed by atoms with Gasteiger partial charge in [0.2, 0.25) is 0 Å². The molecule has 0 aliphatic heterocycles. The molecule has 0 unspecified atom stereocenters. The van der Waals surface area contributed by atoms with Gasteiger partial charge in [-0.25, -0.2) is 4.39 Å². The van der Waals surface area contributed by atoms with Crippen molar-refractivity contribution < 1.29 is 14.6 Å². The van der Waals surface area contributed by atoms with E-state index in [4.69, 9.17) is 5.11 Å². The predicted molar refractivity (Wildman–Crippen MR) is 63.4 cm³/mol. The van der Waals surface area contributed by atoms with Gasteiger partial charge >= 0.3 is 0 Å². The minimum Gasteiger partial charge on any atom is -0.508 e. The van der Waals surface area contributed by atoms with E-state index in [9.17, 15) is 9.50 Å². The lowest BCUT2D eigenvalue weighted by molar-refractivity contribution is 0.450. The summed E-state index contributed by atoms with van der Waals surface area (Å²) in [6.07, 6.45) is 1.45. The van der Waals surface area contributed by atoms with E-state index < -0.39 is 0 Å². The van der Waals surface area contributed by atoms with Crippen LogP contribution in [0.3, 0.4) is 0 Å². The van der Waals surface area contributed by atoms with Crippen LogP contribution in [0.15, 0.2) is 47.5 Å². The average molecular weight is 231 g/mol. The van der Waals surface area contributed by atoms with Crippen LogP contribution >= 0.6 is 0 Å². The van der Waals surface area contributed by atoms with E-state index in [1.54, 1.807) is 0 Å². The zero-order valence-corrected chi connectivity index (χ0v) is 8.84. The largest absolute Gasteiger partial charge is 0.508 e. The Hall–Kier alpha value is -2.36. The van der Waals surface area contributed by atoms with Gasteiger partial charge in [0, 0.05) is 17.8 Å². The fourth-order valence-electron chi connectivity index (χ4n) is 1.31. The maximum atomic E-state index is 12.6. The van der Waals surface area contributed by atoms with E-state index in [2.05, 4.69) is 4.99 Å². The number of hydrogen-bond acceptors (Lipinski definition) is 3. The molecule has 0 spiro atoms. The van der Waals surface area contributed by atoms with Crippen LogP contribution in [0.4, 0.5) is 10.1 Å². The molecule has 4 heteroatoms. The van der Waals surface area contributed by atoms with Crippen molar-refractivity contribution >= 4 is 11.9 Å². The number of halogens is 1. The van der Waals surface area contributed by atoms with E-state index in [1.165, 1.54) is 48.7 Å². The van der Waals surface area contributed by atoms with Crippen molar-refractivity contribution in [2.75, 3.05) is 0 Å². The number of benzene rings is 2. The second kappa shape index (κ2) is 4.65. The molecule has 0 aliphatic carbocycles. The first-order valence-corrected chi connectivity index (χ1v) is 4.97. The summed E-state index contributed by atoms with van der Waals surface area (Å²) < 4.78 is 12.6. The molecule has 2 aromatic rings. The fraction of sp³-hybridized carbons (Fsp3) is 0. The first-order chi connectivity index (χ1) is 8.15. The van der Waals surface area contributed by atoms with Crippen molar-refractivity contribution in [2.45, 2.75) is 0 Å². The number of aliphatic imine (C=N–C) groups is 1. The van der Waals surface area contributed by atoms with Crippen LogP contribution < -0.4 is 0 Å². The third-order valence-corrected chi connectivity index (χ3v) is 2.19. The van der Waals surface area contributed by atoms with Crippen LogP contribution in [0.2, 0.25) is 0 Å². The molecule has 0 aliphatic rings. The van der Waals surface area contributed by atoms with E-state index in [1.807, 2.05) is 0 Å². The van der Waals surface area contributed by atoms with E-state index in [0.717, 1.165) is 0 Å². The minimum absolute atomic E-state index is 0.0126. The lowest BCUT2D eigenvalue weighted by atomic mass is 10.2. The molecule has 86 valence electrons. The summed E-state index contributed by atoms with van der Waals surface area (Å²) in [5, 5.41) is 18.6. The highest BCUT2D eigenvalue weighted by Gasteiger charge is 1.99. The molecule has 0 saturated heterocycles. The summed E-state index contributed by atoms with van der Waals surface area (Å²) in [4.78, 5) is 4.07. The summed E-state index contributed by atoms with van der Waals surface area (Å²) in [5.41, 5.74) is 1.06. The predicted octanol–water partition coefficient (Wildman–Crippen LogP) is 2.99. The molecule has 0 radical (unpaired) electrons. The second-order valence-electron chi connectivity index (χ2n) is 3.48. The molecular weight excluding hydrogens is 221 g/mol. The number of phenolic OH excluding ortho intramolecular Hbond substituents is 2. The highest BCUT2D eigenvalue weighted by molar-refractivity contribution is 5.85. The maximum Gasteiger partial charge on any atom is 0.128 e. The third kappa shape index (κ3) is 2.81. The topological polar surface area (TPSA) is 52.8 Å². The van der Waals surface area contributed by atoms with Crippen LogP contribution in [0.25, 0.3) is 0 Å². The van der Waals surface area contributed by atoms with Crippen molar-refractivity contribution in [3.05, 3.63) is 53.8 Å².